The summed E-state index contributed by atoms with van der Waals surface area (Å²) in [6, 6.07) is 5.15. The molecule has 0 fully saturated rings. The van der Waals surface area contributed by atoms with Crippen LogP contribution in [0.25, 0.3) is 0 Å². The minimum absolute atomic E-state index is 0.0205. The molecule has 0 aliphatic heterocycles. The van der Waals surface area contributed by atoms with Crippen LogP contribution < -0.4 is 10.1 Å². The number of para-hydroxylation sites is 1. The van der Waals surface area contributed by atoms with Gasteiger partial charge in [0.1, 0.15) is 12.7 Å². The first-order chi connectivity index (χ1) is 9.74. The smallest absolute Gasteiger partial charge is 0.156 e. The Kier molecular flexibility index (Phi) is 7.24. The normalized spacial score (nSPS) is 13.5. The number of likely N-dealkylation sites (N-methyl/N-ethyl adjacent to an activating group) is 1. The molecule has 1 aromatic carbocycles. The summed E-state index contributed by atoms with van der Waals surface area (Å²) in [7, 11) is 4.06. The van der Waals surface area contributed by atoms with E-state index in [0.29, 0.717) is 22.3 Å². The van der Waals surface area contributed by atoms with Crippen molar-refractivity contribution in [2.24, 2.45) is 0 Å². The summed E-state index contributed by atoms with van der Waals surface area (Å²) in [4.78, 5) is 2.13. The van der Waals surface area contributed by atoms with Crippen LogP contribution in [0.3, 0.4) is 0 Å². The maximum atomic E-state index is 9.94. The molecule has 21 heavy (non-hydrogen) atoms. The van der Waals surface area contributed by atoms with Crippen LogP contribution in [0.2, 0.25) is 10.0 Å². The minimum Gasteiger partial charge on any atom is -0.488 e. The first-order valence-corrected chi connectivity index (χ1v) is 7.62. The van der Waals surface area contributed by atoms with Gasteiger partial charge >= 0.3 is 0 Å². The van der Waals surface area contributed by atoms with Gasteiger partial charge in [-0.2, -0.15) is 0 Å². The Morgan fingerprint density at radius 1 is 1.29 bits per heavy atom. The second-order valence-corrected chi connectivity index (χ2v) is 6.67. The number of benzene rings is 1. The van der Waals surface area contributed by atoms with Crippen LogP contribution in [-0.2, 0) is 0 Å². The summed E-state index contributed by atoms with van der Waals surface area (Å²) in [5.74, 6) is 0.411. The van der Waals surface area contributed by atoms with Crippen molar-refractivity contribution >= 4 is 23.2 Å². The van der Waals surface area contributed by atoms with E-state index in [1.54, 1.807) is 18.2 Å². The SMILES string of the molecule is CN(C)C(C)(C)CNCC(O)COc1c(Cl)cccc1Cl. The van der Waals surface area contributed by atoms with Crippen LogP contribution in [0, 0.1) is 0 Å². The number of ether oxygens (including phenoxy) is 1. The van der Waals surface area contributed by atoms with Gasteiger partial charge in [-0.15, -0.1) is 0 Å². The third-order valence-corrected chi connectivity index (χ3v) is 4.08. The number of hydrogen-bond donors (Lipinski definition) is 2. The summed E-state index contributed by atoms with van der Waals surface area (Å²) >= 11 is 12.0. The maximum absolute atomic E-state index is 9.94. The maximum Gasteiger partial charge on any atom is 0.156 e. The van der Waals surface area contributed by atoms with Crippen molar-refractivity contribution in [1.82, 2.24) is 10.2 Å². The molecule has 6 heteroatoms. The molecule has 120 valence electrons. The van der Waals surface area contributed by atoms with E-state index >= 15 is 0 Å². The summed E-state index contributed by atoms with van der Waals surface area (Å²) in [6.45, 7) is 5.61. The highest BCUT2D eigenvalue weighted by molar-refractivity contribution is 6.37. The van der Waals surface area contributed by atoms with Crippen LogP contribution >= 0.6 is 23.2 Å². The molecule has 0 amide bonds. The van der Waals surface area contributed by atoms with Gasteiger partial charge in [0.15, 0.2) is 5.75 Å². The van der Waals surface area contributed by atoms with Crippen LogP contribution in [-0.4, -0.2) is 55.4 Å². The number of aliphatic hydroxyl groups is 1. The summed E-state index contributed by atoms with van der Waals surface area (Å²) in [5, 5.41) is 14.1. The fourth-order valence-corrected chi connectivity index (χ4v) is 2.07. The van der Waals surface area contributed by atoms with Gasteiger partial charge in [0.05, 0.1) is 10.0 Å². The van der Waals surface area contributed by atoms with Crippen molar-refractivity contribution in [2.75, 3.05) is 33.8 Å². The number of aliphatic hydroxyl groups excluding tert-OH is 1. The third kappa shape index (κ3) is 6.01. The minimum atomic E-state index is -0.629. The van der Waals surface area contributed by atoms with Crippen LogP contribution in [0.15, 0.2) is 18.2 Å². The van der Waals surface area contributed by atoms with E-state index in [4.69, 9.17) is 27.9 Å². The Labute approximate surface area is 137 Å². The lowest BCUT2D eigenvalue weighted by molar-refractivity contribution is 0.100. The lowest BCUT2D eigenvalue weighted by atomic mass is 10.0. The van der Waals surface area contributed by atoms with Gasteiger partial charge in [-0.1, -0.05) is 29.3 Å². The molecule has 1 atom stereocenters. The molecule has 0 bridgehead atoms. The van der Waals surface area contributed by atoms with Gasteiger partial charge < -0.3 is 20.1 Å². The van der Waals surface area contributed by atoms with E-state index in [1.807, 2.05) is 14.1 Å². The Morgan fingerprint density at radius 3 is 2.38 bits per heavy atom. The Balaban J connectivity index is 2.37. The monoisotopic (exact) mass is 334 g/mol. The molecule has 0 aliphatic rings. The topological polar surface area (TPSA) is 44.7 Å². The molecule has 2 N–H and O–H groups in total. The van der Waals surface area contributed by atoms with Crippen molar-refractivity contribution in [3.63, 3.8) is 0 Å². The number of nitrogens with one attached hydrogen (secondary N) is 1. The third-order valence-electron chi connectivity index (χ3n) is 3.49. The first kappa shape index (κ1) is 18.5. The number of hydrogen-bond acceptors (Lipinski definition) is 4. The van der Waals surface area contributed by atoms with Gasteiger partial charge in [0, 0.05) is 18.6 Å². The Bertz CT molecular complexity index is 433. The molecule has 1 aromatic rings. The average molecular weight is 335 g/mol. The molecule has 0 saturated heterocycles. The molecule has 0 saturated carbocycles. The highest BCUT2D eigenvalue weighted by atomic mass is 35.5. The van der Waals surface area contributed by atoms with Gasteiger partial charge in [0.2, 0.25) is 0 Å². The summed E-state index contributed by atoms with van der Waals surface area (Å²) in [6.07, 6.45) is -0.629. The lowest BCUT2D eigenvalue weighted by Crippen LogP contribution is -2.48. The lowest BCUT2D eigenvalue weighted by Gasteiger charge is -2.33. The molecule has 4 nitrogen and oxygen atoms in total. The van der Waals surface area contributed by atoms with Crippen molar-refractivity contribution < 1.29 is 9.84 Å². The second kappa shape index (κ2) is 8.20. The summed E-state index contributed by atoms with van der Waals surface area (Å²) < 4.78 is 5.50. The number of rotatable bonds is 8. The zero-order valence-corrected chi connectivity index (χ0v) is 14.5. The molecule has 1 rings (SSSR count). The van der Waals surface area contributed by atoms with E-state index in [9.17, 15) is 5.11 Å². The highest BCUT2D eigenvalue weighted by Gasteiger charge is 2.20. The van der Waals surface area contributed by atoms with Crippen LogP contribution in [0.5, 0.6) is 5.75 Å². The van der Waals surface area contributed by atoms with E-state index in [2.05, 4.69) is 24.1 Å². The molecular formula is C15H24Cl2N2O2. The first-order valence-electron chi connectivity index (χ1n) is 6.87. The second-order valence-electron chi connectivity index (χ2n) is 5.85. The van der Waals surface area contributed by atoms with Crippen molar-refractivity contribution in [1.29, 1.82) is 0 Å². The molecular weight excluding hydrogens is 311 g/mol. The molecule has 0 spiro atoms. The van der Waals surface area contributed by atoms with Gasteiger partial charge in [-0.25, -0.2) is 0 Å². The number of nitrogens with zero attached hydrogens (tertiary/aromatic N) is 1. The zero-order valence-electron chi connectivity index (χ0n) is 13.0. The van der Waals surface area contributed by atoms with E-state index in [1.165, 1.54) is 0 Å². The van der Waals surface area contributed by atoms with Crippen molar-refractivity contribution in [3.8, 4) is 5.75 Å². The fraction of sp³-hybridized carbons (Fsp3) is 0.600. The fourth-order valence-electron chi connectivity index (χ4n) is 1.56. The van der Waals surface area contributed by atoms with Crippen molar-refractivity contribution in [2.45, 2.75) is 25.5 Å². The van der Waals surface area contributed by atoms with Crippen LogP contribution in [0.4, 0.5) is 0 Å². The number of halogens is 2. The Hall–Kier alpha value is -0.520. The molecule has 0 aliphatic carbocycles. The standard InChI is InChI=1S/C15H24Cl2N2O2/c1-15(2,19(3)4)10-18-8-11(20)9-21-14-12(16)6-5-7-13(14)17/h5-7,11,18,20H,8-10H2,1-4H3. The van der Waals surface area contributed by atoms with Gasteiger partial charge in [-0.3, -0.25) is 0 Å². The van der Waals surface area contributed by atoms with Gasteiger partial charge in [-0.05, 0) is 40.1 Å². The summed E-state index contributed by atoms with van der Waals surface area (Å²) in [5.41, 5.74) is 0.0205. The quantitative estimate of drug-likeness (QED) is 0.767. The average Bonchev–Trinajstić information content (AvgIpc) is 2.37. The predicted molar refractivity (Wildman–Crippen MR) is 88.6 cm³/mol. The molecule has 0 radical (unpaired) electrons. The van der Waals surface area contributed by atoms with Gasteiger partial charge in [0.25, 0.3) is 0 Å². The Morgan fingerprint density at radius 2 is 1.86 bits per heavy atom. The van der Waals surface area contributed by atoms with E-state index in [-0.39, 0.29) is 12.1 Å². The molecule has 0 heterocycles. The zero-order chi connectivity index (χ0) is 16.0. The molecule has 0 aromatic heterocycles. The highest BCUT2D eigenvalue weighted by Crippen LogP contribution is 2.32. The van der Waals surface area contributed by atoms with E-state index < -0.39 is 6.10 Å². The van der Waals surface area contributed by atoms with E-state index in [0.717, 1.165) is 6.54 Å². The van der Waals surface area contributed by atoms with Crippen LogP contribution in [0.1, 0.15) is 13.8 Å². The largest absolute Gasteiger partial charge is 0.488 e. The molecule has 1 unspecified atom stereocenters. The predicted octanol–water partition coefficient (Wildman–Crippen LogP) is 2.66. The van der Waals surface area contributed by atoms with Crippen molar-refractivity contribution in [3.05, 3.63) is 28.2 Å².